The van der Waals surface area contributed by atoms with Crippen LogP contribution in [0.5, 0.6) is 0 Å². The van der Waals surface area contributed by atoms with E-state index >= 15 is 0 Å². The molecule has 0 radical (unpaired) electrons. The van der Waals surface area contributed by atoms with Crippen molar-refractivity contribution in [3.8, 4) is 33.9 Å². The molecule has 0 saturated carbocycles. The summed E-state index contributed by atoms with van der Waals surface area (Å²) < 4.78 is 13.2. The minimum atomic E-state index is -0.270. The summed E-state index contributed by atoms with van der Waals surface area (Å²) in [5.41, 5.74) is 3.45. The zero-order chi connectivity index (χ0) is 17.1. The van der Waals surface area contributed by atoms with Crippen molar-refractivity contribution in [2.24, 2.45) is 0 Å². The molecule has 4 aromatic rings. The highest BCUT2D eigenvalue weighted by atomic mass is 19.1. The number of hydrogen-bond acceptors (Lipinski definition) is 4. The van der Waals surface area contributed by atoms with Crippen LogP contribution >= 0.6 is 0 Å². The molecule has 1 heterocycles. The van der Waals surface area contributed by atoms with Gasteiger partial charge in [0.1, 0.15) is 5.82 Å². The highest BCUT2D eigenvalue weighted by Crippen LogP contribution is 2.29. The van der Waals surface area contributed by atoms with E-state index in [1.165, 1.54) is 12.1 Å². The monoisotopic (exact) mass is 328 g/mol. The van der Waals surface area contributed by atoms with Crippen LogP contribution in [0, 0.1) is 5.82 Å². The molecule has 5 heteroatoms. The van der Waals surface area contributed by atoms with Crippen LogP contribution in [-0.4, -0.2) is 20.4 Å². The fourth-order valence-corrected chi connectivity index (χ4v) is 2.60. The van der Waals surface area contributed by atoms with Gasteiger partial charge in [0, 0.05) is 11.1 Å². The Morgan fingerprint density at radius 3 is 1.72 bits per heavy atom. The summed E-state index contributed by atoms with van der Waals surface area (Å²) in [6.45, 7) is 0. The van der Waals surface area contributed by atoms with Crippen molar-refractivity contribution < 1.29 is 4.39 Å². The van der Waals surface area contributed by atoms with Crippen LogP contribution in [0.15, 0.2) is 78.9 Å². The van der Waals surface area contributed by atoms with Crippen molar-refractivity contribution >= 4 is 0 Å². The maximum atomic E-state index is 13.2. The summed E-state index contributed by atoms with van der Waals surface area (Å²) in [5, 5.41) is 16.8. The molecule has 120 valence electrons. The third kappa shape index (κ3) is 3.12. The molecule has 0 fully saturated rings. The van der Waals surface area contributed by atoms with Crippen molar-refractivity contribution in [2.45, 2.75) is 0 Å². The number of halogens is 1. The summed E-state index contributed by atoms with van der Waals surface area (Å²) in [7, 11) is 0. The molecule has 4 rings (SSSR count). The van der Waals surface area contributed by atoms with Gasteiger partial charge in [-0.05, 0) is 23.3 Å². The van der Waals surface area contributed by atoms with Gasteiger partial charge in [0.25, 0.3) is 0 Å². The van der Waals surface area contributed by atoms with Gasteiger partial charge in [0.15, 0.2) is 0 Å². The first kappa shape index (κ1) is 15.1. The lowest BCUT2D eigenvalue weighted by Gasteiger charge is -2.08. The average molecular weight is 328 g/mol. The van der Waals surface area contributed by atoms with E-state index in [1.54, 1.807) is 12.1 Å². The topological polar surface area (TPSA) is 51.6 Å². The Labute approximate surface area is 144 Å². The highest BCUT2D eigenvalue weighted by Gasteiger charge is 2.11. The van der Waals surface area contributed by atoms with Crippen LogP contribution < -0.4 is 0 Å². The Kier molecular flexibility index (Phi) is 3.96. The van der Waals surface area contributed by atoms with Crippen molar-refractivity contribution in [1.82, 2.24) is 20.4 Å². The SMILES string of the molecule is Fc1ccc(-c2ccccc2-c2nnc(-c3ccccc3)nn2)cc1. The quantitative estimate of drug-likeness (QED) is 0.559. The molecule has 3 aromatic carbocycles. The number of aromatic nitrogens is 4. The van der Waals surface area contributed by atoms with Gasteiger partial charge in [-0.2, -0.15) is 0 Å². The van der Waals surface area contributed by atoms with E-state index in [0.717, 1.165) is 22.3 Å². The van der Waals surface area contributed by atoms with E-state index in [4.69, 9.17) is 0 Å². The molecule has 0 saturated heterocycles. The van der Waals surface area contributed by atoms with Gasteiger partial charge in [-0.25, -0.2) is 4.39 Å². The summed E-state index contributed by atoms with van der Waals surface area (Å²) in [4.78, 5) is 0. The van der Waals surface area contributed by atoms with Crippen LogP contribution in [0.2, 0.25) is 0 Å². The number of hydrogen-bond donors (Lipinski definition) is 0. The fourth-order valence-electron chi connectivity index (χ4n) is 2.60. The molecule has 4 nitrogen and oxygen atoms in total. The number of rotatable bonds is 3. The molecule has 0 aliphatic rings. The number of benzene rings is 3. The van der Waals surface area contributed by atoms with Crippen LogP contribution in [0.4, 0.5) is 4.39 Å². The van der Waals surface area contributed by atoms with Gasteiger partial charge in [-0.3, -0.25) is 0 Å². The molecule has 0 unspecified atom stereocenters. The predicted molar refractivity (Wildman–Crippen MR) is 93.9 cm³/mol. The van der Waals surface area contributed by atoms with E-state index in [0.29, 0.717) is 11.6 Å². The second-order valence-electron chi connectivity index (χ2n) is 5.47. The lowest BCUT2D eigenvalue weighted by atomic mass is 9.99. The molecule has 0 spiro atoms. The molecule has 0 atom stereocenters. The average Bonchev–Trinajstić information content (AvgIpc) is 2.69. The second kappa shape index (κ2) is 6.57. The van der Waals surface area contributed by atoms with E-state index < -0.39 is 0 Å². The third-order valence-electron chi connectivity index (χ3n) is 3.83. The van der Waals surface area contributed by atoms with Gasteiger partial charge in [0.05, 0.1) is 0 Å². The first-order valence-electron chi connectivity index (χ1n) is 7.79. The molecule has 25 heavy (non-hydrogen) atoms. The predicted octanol–water partition coefficient (Wildman–Crippen LogP) is 4.41. The Morgan fingerprint density at radius 1 is 0.480 bits per heavy atom. The molecule has 0 aliphatic heterocycles. The highest BCUT2D eigenvalue weighted by molar-refractivity contribution is 5.80. The molecule has 0 amide bonds. The van der Waals surface area contributed by atoms with Gasteiger partial charge in [-0.15, -0.1) is 20.4 Å². The summed E-state index contributed by atoms with van der Waals surface area (Å²) >= 11 is 0. The molecular weight excluding hydrogens is 315 g/mol. The van der Waals surface area contributed by atoms with Crippen molar-refractivity contribution in [2.75, 3.05) is 0 Å². The van der Waals surface area contributed by atoms with Gasteiger partial charge in [0.2, 0.25) is 11.6 Å². The van der Waals surface area contributed by atoms with Crippen LogP contribution in [0.3, 0.4) is 0 Å². The Bertz CT molecular complexity index is 984. The summed E-state index contributed by atoms with van der Waals surface area (Å²) in [6, 6.07) is 23.6. The molecule has 1 aromatic heterocycles. The van der Waals surface area contributed by atoms with Gasteiger partial charge >= 0.3 is 0 Å². The molecule has 0 bridgehead atoms. The lowest BCUT2D eigenvalue weighted by Crippen LogP contribution is -2.00. The van der Waals surface area contributed by atoms with Crippen LogP contribution in [0.25, 0.3) is 33.9 Å². The summed E-state index contributed by atoms with van der Waals surface area (Å²) in [6.07, 6.45) is 0. The van der Waals surface area contributed by atoms with E-state index in [1.807, 2.05) is 54.6 Å². The Balaban J connectivity index is 1.74. The molecular formula is C20H13FN4. The standard InChI is InChI=1S/C20H13FN4/c21-16-12-10-14(11-13-16)17-8-4-5-9-18(17)20-24-22-19(23-25-20)15-6-2-1-3-7-15/h1-13H. The normalized spacial score (nSPS) is 10.6. The fraction of sp³-hybridized carbons (Fsp3) is 0. The molecule has 0 aliphatic carbocycles. The van der Waals surface area contributed by atoms with Crippen molar-refractivity contribution in [3.05, 3.63) is 84.7 Å². The third-order valence-corrected chi connectivity index (χ3v) is 3.83. The summed E-state index contributed by atoms with van der Waals surface area (Å²) in [5.74, 6) is 0.635. The maximum Gasteiger partial charge on any atom is 0.204 e. The zero-order valence-corrected chi connectivity index (χ0v) is 13.2. The largest absolute Gasteiger partial charge is 0.207 e. The second-order valence-corrected chi connectivity index (χ2v) is 5.47. The maximum absolute atomic E-state index is 13.2. The van der Waals surface area contributed by atoms with Crippen LogP contribution in [-0.2, 0) is 0 Å². The van der Waals surface area contributed by atoms with Crippen molar-refractivity contribution in [3.63, 3.8) is 0 Å². The first-order valence-corrected chi connectivity index (χ1v) is 7.79. The van der Waals surface area contributed by atoms with Gasteiger partial charge < -0.3 is 0 Å². The lowest BCUT2D eigenvalue weighted by molar-refractivity contribution is 0.628. The minimum Gasteiger partial charge on any atom is -0.207 e. The van der Waals surface area contributed by atoms with E-state index in [9.17, 15) is 4.39 Å². The molecule has 0 N–H and O–H groups in total. The smallest absolute Gasteiger partial charge is 0.204 e. The first-order chi connectivity index (χ1) is 12.3. The van der Waals surface area contributed by atoms with Crippen molar-refractivity contribution in [1.29, 1.82) is 0 Å². The zero-order valence-electron chi connectivity index (χ0n) is 13.2. The Morgan fingerprint density at radius 2 is 1.04 bits per heavy atom. The number of nitrogens with zero attached hydrogens (tertiary/aromatic N) is 4. The van der Waals surface area contributed by atoms with E-state index in [2.05, 4.69) is 20.4 Å². The Hall–Kier alpha value is -3.47. The van der Waals surface area contributed by atoms with E-state index in [-0.39, 0.29) is 5.82 Å². The van der Waals surface area contributed by atoms with Crippen LogP contribution in [0.1, 0.15) is 0 Å². The van der Waals surface area contributed by atoms with Gasteiger partial charge in [-0.1, -0.05) is 66.7 Å². The minimum absolute atomic E-state index is 0.270.